The zero-order chi connectivity index (χ0) is 14.4. The predicted molar refractivity (Wildman–Crippen MR) is 78.5 cm³/mol. The van der Waals surface area contributed by atoms with Crippen LogP contribution in [0.25, 0.3) is 0 Å². The van der Waals surface area contributed by atoms with Gasteiger partial charge in [-0.1, -0.05) is 32.9 Å². The fourth-order valence-electron chi connectivity index (χ4n) is 2.38. The van der Waals surface area contributed by atoms with E-state index in [9.17, 15) is 10.1 Å². The number of aryl methyl sites for hydroxylation is 1. The number of nitro benzene ring substituents is 1. The molecule has 1 rings (SSSR count). The van der Waals surface area contributed by atoms with Crippen LogP contribution in [-0.2, 0) is 6.42 Å². The van der Waals surface area contributed by atoms with Crippen LogP contribution in [0.15, 0.2) is 18.2 Å². The van der Waals surface area contributed by atoms with Gasteiger partial charge in [0.25, 0.3) is 5.69 Å². The highest BCUT2D eigenvalue weighted by Gasteiger charge is 2.16. The van der Waals surface area contributed by atoms with E-state index in [0.29, 0.717) is 12.0 Å². The van der Waals surface area contributed by atoms with Crippen LogP contribution in [0, 0.1) is 23.0 Å². The van der Waals surface area contributed by atoms with Crippen molar-refractivity contribution in [1.29, 1.82) is 0 Å². The molecule has 1 aromatic rings. The summed E-state index contributed by atoms with van der Waals surface area (Å²) in [5.74, 6) is 0.568. The van der Waals surface area contributed by atoms with Crippen LogP contribution in [0.3, 0.4) is 0 Å². The molecule has 0 amide bonds. The Morgan fingerprint density at radius 3 is 2.58 bits per heavy atom. The number of hydrogen-bond acceptors (Lipinski definition) is 3. The molecule has 0 aromatic heterocycles. The lowest BCUT2D eigenvalue weighted by Gasteiger charge is -2.22. The molecule has 19 heavy (non-hydrogen) atoms. The molecule has 1 N–H and O–H groups in total. The van der Waals surface area contributed by atoms with Crippen LogP contribution in [-0.4, -0.2) is 17.5 Å². The summed E-state index contributed by atoms with van der Waals surface area (Å²) in [4.78, 5) is 10.6. The van der Waals surface area contributed by atoms with E-state index in [1.165, 1.54) is 0 Å². The fourth-order valence-corrected chi connectivity index (χ4v) is 2.38. The van der Waals surface area contributed by atoms with Gasteiger partial charge in [-0.25, -0.2) is 0 Å². The van der Waals surface area contributed by atoms with Crippen LogP contribution in [0.5, 0.6) is 0 Å². The van der Waals surface area contributed by atoms with Gasteiger partial charge in [0.2, 0.25) is 0 Å². The Morgan fingerprint density at radius 2 is 2.05 bits per heavy atom. The quantitative estimate of drug-likeness (QED) is 0.606. The highest BCUT2D eigenvalue weighted by atomic mass is 16.6. The number of nitro groups is 1. The molecule has 0 saturated heterocycles. The minimum absolute atomic E-state index is 0.224. The highest BCUT2D eigenvalue weighted by Crippen LogP contribution is 2.23. The Bertz CT molecular complexity index is 430. The Hall–Kier alpha value is -1.42. The van der Waals surface area contributed by atoms with Crippen molar-refractivity contribution < 1.29 is 4.92 Å². The molecule has 106 valence electrons. The van der Waals surface area contributed by atoms with Gasteiger partial charge in [-0.3, -0.25) is 10.1 Å². The van der Waals surface area contributed by atoms with Gasteiger partial charge in [-0.05, 0) is 37.8 Å². The van der Waals surface area contributed by atoms with Crippen LogP contribution in [0.2, 0.25) is 0 Å². The lowest BCUT2D eigenvalue weighted by molar-refractivity contribution is -0.385. The van der Waals surface area contributed by atoms with E-state index in [1.54, 1.807) is 12.1 Å². The molecule has 1 atom stereocenters. The first-order valence-corrected chi connectivity index (χ1v) is 6.93. The number of nitrogens with one attached hydrogen (secondary N) is 1. The van der Waals surface area contributed by atoms with Crippen molar-refractivity contribution in [1.82, 2.24) is 5.32 Å². The van der Waals surface area contributed by atoms with Crippen LogP contribution >= 0.6 is 0 Å². The molecule has 0 aliphatic carbocycles. The van der Waals surface area contributed by atoms with Gasteiger partial charge in [-0.15, -0.1) is 0 Å². The summed E-state index contributed by atoms with van der Waals surface area (Å²) in [7, 11) is 0. The number of benzene rings is 1. The number of nitrogens with zero attached hydrogens (tertiary/aromatic N) is 1. The number of rotatable bonds is 7. The second-order valence-corrected chi connectivity index (χ2v) is 5.27. The molecule has 0 heterocycles. The van der Waals surface area contributed by atoms with Crippen molar-refractivity contribution in [3.8, 4) is 0 Å². The van der Waals surface area contributed by atoms with Crippen molar-refractivity contribution in [3.63, 3.8) is 0 Å². The number of hydrogen-bond donors (Lipinski definition) is 1. The summed E-state index contributed by atoms with van der Waals surface area (Å²) in [5, 5.41) is 14.4. The van der Waals surface area contributed by atoms with Gasteiger partial charge in [0.1, 0.15) is 0 Å². The van der Waals surface area contributed by atoms with Crippen molar-refractivity contribution in [2.45, 2.75) is 46.6 Å². The molecule has 0 spiro atoms. The van der Waals surface area contributed by atoms with Crippen molar-refractivity contribution >= 4 is 5.69 Å². The zero-order valence-electron chi connectivity index (χ0n) is 12.3. The lowest BCUT2D eigenvalue weighted by Crippen LogP contribution is -2.34. The third-order valence-corrected chi connectivity index (χ3v) is 3.61. The summed E-state index contributed by atoms with van der Waals surface area (Å²) in [5.41, 5.74) is 2.10. The lowest BCUT2D eigenvalue weighted by atomic mass is 9.94. The van der Waals surface area contributed by atoms with E-state index in [4.69, 9.17) is 0 Å². The molecule has 0 aliphatic rings. The average Bonchev–Trinajstić information content (AvgIpc) is 2.35. The van der Waals surface area contributed by atoms with E-state index < -0.39 is 0 Å². The molecule has 1 unspecified atom stereocenters. The van der Waals surface area contributed by atoms with E-state index in [0.717, 1.165) is 30.5 Å². The molecule has 0 saturated carbocycles. The zero-order valence-corrected chi connectivity index (χ0v) is 12.3. The van der Waals surface area contributed by atoms with Gasteiger partial charge < -0.3 is 5.32 Å². The minimum Gasteiger partial charge on any atom is -0.314 e. The predicted octanol–water partition coefficient (Wildman–Crippen LogP) is 3.47. The van der Waals surface area contributed by atoms with E-state index in [2.05, 4.69) is 26.1 Å². The second-order valence-electron chi connectivity index (χ2n) is 5.27. The van der Waals surface area contributed by atoms with Crippen LogP contribution < -0.4 is 5.32 Å². The summed E-state index contributed by atoms with van der Waals surface area (Å²) < 4.78 is 0. The summed E-state index contributed by atoms with van der Waals surface area (Å²) in [6, 6.07) is 5.80. The van der Waals surface area contributed by atoms with Gasteiger partial charge in [0.15, 0.2) is 0 Å². The Balaban J connectivity index is 2.77. The van der Waals surface area contributed by atoms with Crippen molar-refractivity contribution in [2.24, 2.45) is 5.92 Å². The maximum absolute atomic E-state index is 10.9. The molecular weight excluding hydrogens is 240 g/mol. The van der Waals surface area contributed by atoms with Crippen molar-refractivity contribution in [2.75, 3.05) is 6.54 Å². The molecule has 0 radical (unpaired) electrons. The Labute approximate surface area is 115 Å². The molecule has 4 heteroatoms. The molecule has 0 bridgehead atoms. The third kappa shape index (κ3) is 4.31. The van der Waals surface area contributed by atoms with E-state index in [1.807, 2.05) is 13.0 Å². The summed E-state index contributed by atoms with van der Waals surface area (Å²) in [6.07, 6.45) is 1.89. The van der Waals surface area contributed by atoms with Crippen LogP contribution in [0.1, 0.15) is 38.3 Å². The first-order chi connectivity index (χ1) is 8.97. The first-order valence-electron chi connectivity index (χ1n) is 6.93. The third-order valence-electron chi connectivity index (χ3n) is 3.61. The maximum atomic E-state index is 10.9. The van der Waals surface area contributed by atoms with Crippen LogP contribution in [0.4, 0.5) is 5.69 Å². The van der Waals surface area contributed by atoms with E-state index in [-0.39, 0.29) is 10.6 Å². The summed E-state index contributed by atoms with van der Waals surface area (Å²) in [6.45, 7) is 9.30. The van der Waals surface area contributed by atoms with E-state index >= 15 is 0 Å². The Kier molecular flexibility index (Phi) is 5.96. The van der Waals surface area contributed by atoms with Gasteiger partial charge >= 0.3 is 0 Å². The SMILES string of the molecule is CCNC(CCc1cccc([N+](=O)[O-])c1C)C(C)C. The van der Waals surface area contributed by atoms with Gasteiger partial charge in [-0.2, -0.15) is 0 Å². The first kappa shape index (κ1) is 15.6. The van der Waals surface area contributed by atoms with Gasteiger partial charge in [0.05, 0.1) is 4.92 Å². The smallest absolute Gasteiger partial charge is 0.272 e. The van der Waals surface area contributed by atoms with Gasteiger partial charge in [0, 0.05) is 17.7 Å². The topological polar surface area (TPSA) is 55.2 Å². The summed E-state index contributed by atoms with van der Waals surface area (Å²) >= 11 is 0. The average molecular weight is 264 g/mol. The minimum atomic E-state index is -0.303. The highest BCUT2D eigenvalue weighted by molar-refractivity contribution is 5.44. The largest absolute Gasteiger partial charge is 0.314 e. The molecular formula is C15H24N2O2. The fraction of sp³-hybridized carbons (Fsp3) is 0.600. The maximum Gasteiger partial charge on any atom is 0.272 e. The molecule has 0 fully saturated rings. The molecule has 0 aliphatic heterocycles. The molecule has 4 nitrogen and oxygen atoms in total. The standard InChI is InChI=1S/C15H24N2O2/c1-5-16-14(11(2)3)10-9-13-7-6-8-15(12(13)4)17(18)19/h6-8,11,14,16H,5,9-10H2,1-4H3. The Morgan fingerprint density at radius 1 is 1.37 bits per heavy atom. The monoisotopic (exact) mass is 264 g/mol. The second kappa shape index (κ2) is 7.24. The molecule has 1 aromatic carbocycles. The van der Waals surface area contributed by atoms with Crippen molar-refractivity contribution in [3.05, 3.63) is 39.4 Å². The normalized spacial score (nSPS) is 12.7.